The smallest absolute Gasteiger partial charge is 0.0620 e. The van der Waals surface area contributed by atoms with Crippen LogP contribution in [0.25, 0.3) is 0 Å². The predicted molar refractivity (Wildman–Crippen MR) is 160 cm³/mol. The molecule has 35 heavy (non-hydrogen) atoms. The Morgan fingerprint density at radius 1 is 0.514 bits per heavy atom. The molecule has 0 bridgehead atoms. The van der Waals surface area contributed by atoms with Gasteiger partial charge in [0.2, 0.25) is 0 Å². The van der Waals surface area contributed by atoms with Crippen LogP contribution in [-0.4, -0.2) is 16.2 Å². The summed E-state index contributed by atoms with van der Waals surface area (Å²) in [5.41, 5.74) is 1.85. The molecule has 2 saturated carbocycles. The van der Waals surface area contributed by atoms with Gasteiger partial charge in [0.1, 0.15) is 28.1 Å². The van der Waals surface area contributed by atoms with Gasteiger partial charge in [0.15, 0.2) is 0 Å². The van der Waals surface area contributed by atoms with Crippen molar-refractivity contribution in [1.82, 2.24) is 0 Å². The summed E-state index contributed by atoms with van der Waals surface area (Å²) in [5, 5.41) is 4.71. The number of rotatable bonds is 7. The van der Waals surface area contributed by atoms with Gasteiger partial charge in [0, 0.05) is 0 Å². The number of hydrogen-bond acceptors (Lipinski definition) is 0. The van der Waals surface area contributed by atoms with E-state index in [1.165, 1.54) is 64.2 Å². The van der Waals surface area contributed by atoms with Gasteiger partial charge >= 0.3 is 0 Å². The molecule has 0 spiro atoms. The van der Waals surface area contributed by atoms with Crippen LogP contribution >= 0.6 is 15.2 Å². The van der Waals surface area contributed by atoms with E-state index in [9.17, 15) is 0 Å². The molecule has 2 aliphatic rings. The van der Waals surface area contributed by atoms with Gasteiger partial charge < -0.3 is 0 Å². The molecule has 0 atom stereocenters. The number of benzene rings is 3. The van der Waals surface area contributed by atoms with Gasteiger partial charge in [-0.05, 0) is 87.2 Å². The quantitative estimate of drug-likeness (QED) is 0.284. The maximum Gasteiger partial charge on any atom is 0.121 e. The van der Waals surface area contributed by atoms with E-state index in [0.717, 1.165) is 11.3 Å². The Bertz CT molecular complexity index is 918. The van der Waals surface area contributed by atoms with Gasteiger partial charge in [-0.25, -0.2) is 0 Å². The summed E-state index contributed by atoms with van der Waals surface area (Å²) in [6.07, 6.45) is 14.5. The average molecular weight is 502 g/mol. The molecule has 0 amide bonds. The standard InChI is InChI=1S/C33H43P2/c1-33(2,34(28-18-8-3-9-19-28)29-20-10-4-11-21-29)35(30-22-12-5-13-23-30,31-24-14-6-15-25-31)32-26-16-7-17-27-32/h5-7,12-17,22-29H,3-4,8-11,18-21H2,1-2H3/q+1. The molecule has 0 nitrogen and oxygen atoms in total. The van der Waals surface area contributed by atoms with E-state index in [1.54, 1.807) is 15.9 Å². The monoisotopic (exact) mass is 501 g/mol. The molecule has 2 fully saturated rings. The normalized spacial score (nSPS) is 18.6. The van der Waals surface area contributed by atoms with Crippen molar-refractivity contribution in [3.05, 3.63) is 91.0 Å². The van der Waals surface area contributed by atoms with Crippen LogP contribution in [0.3, 0.4) is 0 Å². The lowest BCUT2D eigenvalue weighted by molar-refractivity contribution is 0.480. The minimum absolute atomic E-state index is 0.150. The zero-order valence-electron chi connectivity index (χ0n) is 21.8. The van der Waals surface area contributed by atoms with Crippen LogP contribution in [0.1, 0.15) is 78.1 Å². The minimum atomic E-state index is -1.92. The summed E-state index contributed by atoms with van der Waals surface area (Å²) < 4.78 is 0. The van der Waals surface area contributed by atoms with Crippen LogP contribution < -0.4 is 15.9 Å². The van der Waals surface area contributed by atoms with Crippen molar-refractivity contribution in [1.29, 1.82) is 0 Å². The highest BCUT2D eigenvalue weighted by Crippen LogP contribution is 2.80. The third-order valence-corrected chi connectivity index (χ3v) is 19.1. The maximum atomic E-state index is 2.72. The van der Waals surface area contributed by atoms with Crippen LogP contribution in [0.15, 0.2) is 91.0 Å². The van der Waals surface area contributed by atoms with Crippen molar-refractivity contribution >= 4 is 31.1 Å². The first-order chi connectivity index (χ1) is 17.2. The first-order valence-corrected chi connectivity index (χ1v) is 17.3. The fourth-order valence-electron chi connectivity index (χ4n) is 7.43. The average Bonchev–Trinajstić information content (AvgIpc) is 2.92. The fourth-order valence-corrected chi connectivity index (χ4v) is 19.7. The Morgan fingerprint density at radius 2 is 0.829 bits per heavy atom. The summed E-state index contributed by atoms with van der Waals surface area (Å²) in [6, 6.07) is 35.1. The lowest BCUT2D eigenvalue weighted by Gasteiger charge is -2.51. The molecule has 0 N–H and O–H groups in total. The molecule has 0 heterocycles. The van der Waals surface area contributed by atoms with Crippen molar-refractivity contribution in [3.8, 4) is 0 Å². The summed E-state index contributed by atoms with van der Waals surface area (Å²) in [4.78, 5) is 0.233. The maximum absolute atomic E-state index is 2.72. The predicted octanol–water partition coefficient (Wildman–Crippen LogP) is 8.86. The third-order valence-electron chi connectivity index (χ3n) is 8.82. The molecule has 0 aliphatic heterocycles. The molecule has 184 valence electrons. The highest BCUT2D eigenvalue weighted by atomic mass is 31.2. The lowest BCUT2D eigenvalue weighted by Crippen LogP contribution is -2.46. The highest BCUT2D eigenvalue weighted by Gasteiger charge is 2.62. The first kappa shape index (κ1) is 25.2. The fraction of sp³-hybridized carbons (Fsp3) is 0.455. The van der Waals surface area contributed by atoms with Gasteiger partial charge in [0.05, 0.1) is 0 Å². The molecule has 2 heteroatoms. The van der Waals surface area contributed by atoms with E-state index in [0.29, 0.717) is 0 Å². The van der Waals surface area contributed by atoms with Crippen molar-refractivity contribution in [2.45, 2.75) is 94.3 Å². The van der Waals surface area contributed by atoms with E-state index in [2.05, 4.69) is 105 Å². The second-order valence-corrected chi connectivity index (χ2v) is 18.9. The van der Waals surface area contributed by atoms with Crippen LogP contribution in [0, 0.1) is 0 Å². The molecule has 2 aliphatic carbocycles. The molecule has 0 aromatic heterocycles. The van der Waals surface area contributed by atoms with E-state index < -0.39 is 7.26 Å². The Balaban J connectivity index is 1.78. The van der Waals surface area contributed by atoms with E-state index in [1.807, 2.05) is 0 Å². The van der Waals surface area contributed by atoms with E-state index >= 15 is 0 Å². The number of hydrogen-bond donors (Lipinski definition) is 0. The molecule has 5 rings (SSSR count). The second kappa shape index (κ2) is 11.3. The zero-order valence-corrected chi connectivity index (χ0v) is 23.6. The van der Waals surface area contributed by atoms with Crippen LogP contribution in [0.4, 0.5) is 0 Å². The molecule has 0 saturated heterocycles. The summed E-state index contributed by atoms with van der Waals surface area (Å²) in [7, 11) is -2.07. The van der Waals surface area contributed by atoms with E-state index in [4.69, 9.17) is 0 Å². The molecular formula is C33H43P2+. The largest absolute Gasteiger partial charge is 0.121 e. The van der Waals surface area contributed by atoms with Gasteiger partial charge in [-0.15, -0.1) is 0 Å². The van der Waals surface area contributed by atoms with E-state index in [-0.39, 0.29) is 12.8 Å². The molecule has 0 unspecified atom stereocenters. The second-order valence-electron chi connectivity index (χ2n) is 11.2. The van der Waals surface area contributed by atoms with Crippen molar-refractivity contribution < 1.29 is 0 Å². The van der Waals surface area contributed by atoms with Crippen LogP contribution in [-0.2, 0) is 0 Å². The SMILES string of the molecule is CC(C)(P(C1CCCCC1)C1CCCCC1)[P+](c1ccccc1)(c1ccccc1)c1ccccc1. The summed E-state index contributed by atoms with van der Waals surface area (Å²) in [5.74, 6) is 0. The molecule has 3 aromatic carbocycles. The Morgan fingerprint density at radius 3 is 1.14 bits per heavy atom. The Kier molecular flexibility index (Phi) is 8.12. The van der Waals surface area contributed by atoms with Gasteiger partial charge in [-0.2, -0.15) is 0 Å². The van der Waals surface area contributed by atoms with Gasteiger partial charge in [-0.3, -0.25) is 0 Å². The Labute approximate surface area is 216 Å². The van der Waals surface area contributed by atoms with Crippen LogP contribution in [0.5, 0.6) is 0 Å². The topological polar surface area (TPSA) is 0 Å². The molecular weight excluding hydrogens is 458 g/mol. The van der Waals surface area contributed by atoms with Crippen molar-refractivity contribution in [2.24, 2.45) is 0 Å². The summed E-state index contributed by atoms with van der Waals surface area (Å²) >= 11 is 0. The zero-order chi connectivity index (χ0) is 24.1. The third kappa shape index (κ3) is 4.79. The van der Waals surface area contributed by atoms with Gasteiger partial charge in [0.25, 0.3) is 0 Å². The van der Waals surface area contributed by atoms with Crippen molar-refractivity contribution in [2.75, 3.05) is 0 Å². The molecule has 0 radical (unpaired) electrons. The van der Waals surface area contributed by atoms with Crippen LogP contribution in [0.2, 0.25) is 0 Å². The van der Waals surface area contributed by atoms with Crippen molar-refractivity contribution in [3.63, 3.8) is 0 Å². The lowest BCUT2D eigenvalue weighted by atomic mass is 9.99. The molecule has 3 aromatic rings. The first-order valence-electron chi connectivity index (χ1n) is 14.0. The van der Waals surface area contributed by atoms with Gasteiger partial charge in [-0.1, -0.05) is 101 Å². The highest BCUT2D eigenvalue weighted by molar-refractivity contribution is 8.03. The Hall–Kier alpha value is -1.48. The summed E-state index contributed by atoms with van der Waals surface area (Å²) in [6.45, 7) is 5.45. The minimum Gasteiger partial charge on any atom is -0.0620 e.